The Labute approximate surface area is 191 Å². The highest BCUT2D eigenvalue weighted by atomic mass is 35.5. The Balaban J connectivity index is 1.50. The van der Waals surface area contributed by atoms with Gasteiger partial charge >= 0.3 is 0 Å². The van der Waals surface area contributed by atoms with Crippen LogP contribution in [0.2, 0.25) is 5.02 Å². The third kappa shape index (κ3) is 7.10. The van der Waals surface area contributed by atoms with Crippen molar-refractivity contribution in [3.63, 3.8) is 0 Å². The number of nitrogens with one attached hydrogen (secondary N) is 1. The van der Waals surface area contributed by atoms with Crippen molar-refractivity contribution in [3.8, 4) is 0 Å². The summed E-state index contributed by atoms with van der Waals surface area (Å²) in [4.78, 5) is 17.1. The Morgan fingerprint density at radius 3 is 2.55 bits per heavy atom. The minimum Gasteiger partial charge on any atom is -0.356 e. The van der Waals surface area contributed by atoms with Gasteiger partial charge in [-0.05, 0) is 36.6 Å². The van der Waals surface area contributed by atoms with Gasteiger partial charge in [0.25, 0.3) is 0 Å². The SMILES string of the molecule is CCCCCCCCn1c(CCCNC(=O)Cc2ccccc2Cl)nc2ccccc21. The van der Waals surface area contributed by atoms with Crippen LogP contribution >= 0.6 is 11.6 Å². The van der Waals surface area contributed by atoms with Gasteiger partial charge in [-0.3, -0.25) is 4.79 Å². The van der Waals surface area contributed by atoms with Crippen LogP contribution in [0.1, 0.15) is 63.3 Å². The number of carbonyl (C=O) groups is 1. The van der Waals surface area contributed by atoms with E-state index in [2.05, 4.69) is 35.0 Å². The van der Waals surface area contributed by atoms with Gasteiger partial charge in [-0.15, -0.1) is 0 Å². The first-order chi connectivity index (χ1) is 15.2. The summed E-state index contributed by atoms with van der Waals surface area (Å²) in [6.07, 6.45) is 9.76. The number of carbonyl (C=O) groups excluding carboxylic acids is 1. The van der Waals surface area contributed by atoms with Gasteiger partial charge in [0, 0.05) is 24.5 Å². The number of unbranched alkanes of at least 4 members (excludes halogenated alkanes) is 5. The maximum absolute atomic E-state index is 12.2. The van der Waals surface area contributed by atoms with Gasteiger partial charge in [0.1, 0.15) is 5.82 Å². The summed E-state index contributed by atoms with van der Waals surface area (Å²) in [7, 11) is 0. The highest BCUT2D eigenvalue weighted by Crippen LogP contribution is 2.19. The van der Waals surface area contributed by atoms with Gasteiger partial charge in [0.2, 0.25) is 5.91 Å². The molecule has 0 aliphatic carbocycles. The van der Waals surface area contributed by atoms with Gasteiger partial charge in [-0.1, -0.05) is 81.0 Å². The fraction of sp³-hybridized carbons (Fsp3) is 0.462. The zero-order chi connectivity index (χ0) is 21.9. The van der Waals surface area contributed by atoms with E-state index in [1.54, 1.807) is 0 Å². The van der Waals surface area contributed by atoms with Crippen LogP contribution in [0.4, 0.5) is 0 Å². The van der Waals surface area contributed by atoms with Crippen molar-refractivity contribution in [1.82, 2.24) is 14.9 Å². The second kappa shape index (κ2) is 12.5. The van der Waals surface area contributed by atoms with E-state index in [1.165, 1.54) is 44.0 Å². The Morgan fingerprint density at radius 2 is 1.71 bits per heavy atom. The monoisotopic (exact) mass is 439 g/mol. The molecule has 3 aromatic rings. The van der Waals surface area contributed by atoms with E-state index in [-0.39, 0.29) is 5.91 Å². The van der Waals surface area contributed by atoms with Crippen molar-refractivity contribution in [3.05, 3.63) is 64.9 Å². The number of para-hydroxylation sites is 2. The Morgan fingerprint density at radius 1 is 0.968 bits per heavy atom. The van der Waals surface area contributed by atoms with E-state index >= 15 is 0 Å². The van der Waals surface area contributed by atoms with E-state index in [4.69, 9.17) is 16.6 Å². The number of amides is 1. The third-order valence-corrected chi connectivity index (χ3v) is 6.05. The molecular formula is C26H34ClN3O. The van der Waals surface area contributed by atoms with Crippen LogP contribution < -0.4 is 5.32 Å². The van der Waals surface area contributed by atoms with Crippen LogP contribution in [0.5, 0.6) is 0 Å². The molecule has 0 unspecified atom stereocenters. The molecule has 1 N–H and O–H groups in total. The first-order valence-electron chi connectivity index (χ1n) is 11.6. The number of aryl methyl sites for hydroxylation is 2. The lowest BCUT2D eigenvalue weighted by Crippen LogP contribution is -2.26. The number of hydrogen-bond donors (Lipinski definition) is 1. The lowest BCUT2D eigenvalue weighted by molar-refractivity contribution is -0.120. The molecule has 1 aromatic heterocycles. The molecule has 1 heterocycles. The second-order valence-corrected chi connectivity index (χ2v) is 8.57. The molecule has 0 fully saturated rings. The largest absolute Gasteiger partial charge is 0.356 e. The number of hydrogen-bond acceptors (Lipinski definition) is 2. The lowest BCUT2D eigenvalue weighted by atomic mass is 10.1. The van der Waals surface area contributed by atoms with E-state index in [0.717, 1.165) is 36.3 Å². The fourth-order valence-electron chi connectivity index (χ4n) is 3.97. The van der Waals surface area contributed by atoms with Crippen molar-refractivity contribution in [2.24, 2.45) is 0 Å². The van der Waals surface area contributed by atoms with Gasteiger partial charge in [0.15, 0.2) is 0 Å². The molecule has 0 saturated carbocycles. The summed E-state index contributed by atoms with van der Waals surface area (Å²) in [6, 6.07) is 15.9. The molecule has 166 valence electrons. The highest BCUT2D eigenvalue weighted by Gasteiger charge is 2.11. The minimum absolute atomic E-state index is 0.00804. The standard InChI is InChI=1S/C26H34ClN3O/c1-2-3-4-5-6-11-19-30-24-16-10-9-15-23(24)29-25(30)17-12-18-28-26(31)20-21-13-7-8-14-22(21)27/h7-10,13-16H,2-6,11-12,17-20H2,1H3,(H,28,31). The van der Waals surface area contributed by atoms with E-state index in [1.807, 2.05) is 30.3 Å². The van der Waals surface area contributed by atoms with Gasteiger partial charge < -0.3 is 9.88 Å². The summed E-state index contributed by atoms with van der Waals surface area (Å²) in [5.74, 6) is 1.13. The van der Waals surface area contributed by atoms with Crippen LogP contribution in [-0.4, -0.2) is 22.0 Å². The molecule has 3 rings (SSSR count). The van der Waals surface area contributed by atoms with Crippen LogP contribution in [0.15, 0.2) is 48.5 Å². The summed E-state index contributed by atoms with van der Waals surface area (Å²) >= 11 is 6.15. The Bertz CT molecular complexity index is 966. The average molecular weight is 440 g/mol. The minimum atomic E-state index is 0.00804. The molecule has 31 heavy (non-hydrogen) atoms. The maximum atomic E-state index is 12.2. The van der Waals surface area contributed by atoms with Crippen molar-refractivity contribution in [1.29, 1.82) is 0 Å². The first kappa shape index (κ1) is 23.3. The quantitative estimate of drug-likeness (QED) is 0.316. The number of halogens is 1. The summed E-state index contributed by atoms with van der Waals surface area (Å²) < 4.78 is 2.38. The normalized spacial score (nSPS) is 11.2. The summed E-state index contributed by atoms with van der Waals surface area (Å²) in [6.45, 7) is 3.91. The van der Waals surface area contributed by atoms with Gasteiger partial charge in [0.05, 0.1) is 17.5 Å². The van der Waals surface area contributed by atoms with Crippen molar-refractivity contribution >= 4 is 28.5 Å². The molecule has 0 aliphatic heterocycles. The Hall–Kier alpha value is -2.33. The number of rotatable bonds is 13. The molecule has 4 nitrogen and oxygen atoms in total. The van der Waals surface area contributed by atoms with Crippen LogP contribution in [0.3, 0.4) is 0 Å². The zero-order valence-electron chi connectivity index (χ0n) is 18.6. The molecule has 2 aromatic carbocycles. The number of imidazole rings is 1. The second-order valence-electron chi connectivity index (χ2n) is 8.16. The molecule has 5 heteroatoms. The van der Waals surface area contributed by atoms with E-state index in [0.29, 0.717) is 18.0 Å². The van der Waals surface area contributed by atoms with E-state index in [9.17, 15) is 4.79 Å². The van der Waals surface area contributed by atoms with Crippen molar-refractivity contribution < 1.29 is 4.79 Å². The third-order valence-electron chi connectivity index (χ3n) is 5.68. The molecule has 0 spiro atoms. The molecule has 1 amide bonds. The topological polar surface area (TPSA) is 46.9 Å². The van der Waals surface area contributed by atoms with Crippen molar-refractivity contribution in [2.75, 3.05) is 6.54 Å². The van der Waals surface area contributed by atoms with E-state index < -0.39 is 0 Å². The van der Waals surface area contributed by atoms with Crippen molar-refractivity contribution in [2.45, 2.75) is 71.3 Å². The molecule has 0 bridgehead atoms. The molecule has 0 radical (unpaired) electrons. The fourth-order valence-corrected chi connectivity index (χ4v) is 4.17. The molecule has 0 atom stereocenters. The lowest BCUT2D eigenvalue weighted by Gasteiger charge is -2.10. The molecule has 0 saturated heterocycles. The summed E-state index contributed by atoms with van der Waals surface area (Å²) in [5, 5.41) is 3.66. The zero-order valence-corrected chi connectivity index (χ0v) is 19.3. The number of benzene rings is 2. The number of aromatic nitrogens is 2. The van der Waals surface area contributed by atoms with Gasteiger partial charge in [-0.2, -0.15) is 0 Å². The molecule has 0 aliphatic rings. The smallest absolute Gasteiger partial charge is 0.224 e. The Kier molecular flexibility index (Phi) is 9.41. The number of nitrogens with zero attached hydrogens (tertiary/aromatic N) is 2. The highest BCUT2D eigenvalue weighted by molar-refractivity contribution is 6.31. The summed E-state index contributed by atoms with van der Waals surface area (Å²) in [5.41, 5.74) is 3.14. The average Bonchev–Trinajstić information content (AvgIpc) is 3.13. The van der Waals surface area contributed by atoms with Gasteiger partial charge in [-0.25, -0.2) is 4.98 Å². The first-order valence-corrected chi connectivity index (χ1v) is 12.0. The predicted octanol–water partition coefficient (Wildman–Crippen LogP) is 6.34. The van der Waals surface area contributed by atoms with Crippen LogP contribution in [-0.2, 0) is 24.2 Å². The predicted molar refractivity (Wildman–Crippen MR) is 130 cm³/mol. The van der Waals surface area contributed by atoms with Crippen LogP contribution in [0, 0.1) is 0 Å². The number of fused-ring (bicyclic) bond motifs is 1. The molecular weight excluding hydrogens is 406 g/mol. The maximum Gasteiger partial charge on any atom is 0.224 e. The van der Waals surface area contributed by atoms with Crippen LogP contribution in [0.25, 0.3) is 11.0 Å².